The van der Waals surface area contributed by atoms with E-state index in [4.69, 9.17) is 0 Å². The van der Waals surface area contributed by atoms with Crippen molar-refractivity contribution in [3.05, 3.63) is 53.7 Å². The number of rotatable bonds is 11. The van der Waals surface area contributed by atoms with Gasteiger partial charge in [-0.2, -0.15) is 0 Å². The van der Waals surface area contributed by atoms with E-state index in [2.05, 4.69) is 55.2 Å². The van der Waals surface area contributed by atoms with Crippen LogP contribution in [0.3, 0.4) is 0 Å². The van der Waals surface area contributed by atoms with Crippen LogP contribution in [0.4, 0.5) is 0 Å². The first-order valence-electron chi connectivity index (χ1n) is 12.3. The third-order valence-electron chi connectivity index (χ3n) is 6.93. The SMILES string of the molecule is CCCCCCCC1CCCC(CCc2ccc(-c3ccc(CC)cn3)cc2)C1. The molecule has 1 aliphatic rings. The predicted octanol–water partition coefficient (Wildman–Crippen LogP) is 8.41. The summed E-state index contributed by atoms with van der Waals surface area (Å²) in [6.07, 6.45) is 20.2. The fraction of sp³-hybridized carbons (Fsp3) is 0.607. The van der Waals surface area contributed by atoms with Crippen molar-refractivity contribution in [2.75, 3.05) is 0 Å². The minimum Gasteiger partial charge on any atom is -0.256 e. The molecule has 1 aromatic carbocycles. The summed E-state index contributed by atoms with van der Waals surface area (Å²) in [5.41, 5.74) is 5.11. The lowest BCUT2D eigenvalue weighted by molar-refractivity contribution is 0.239. The molecule has 1 heterocycles. The van der Waals surface area contributed by atoms with Crippen molar-refractivity contribution >= 4 is 0 Å². The van der Waals surface area contributed by atoms with Crippen molar-refractivity contribution in [1.29, 1.82) is 0 Å². The van der Waals surface area contributed by atoms with Gasteiger partial charge in [0.2, 0.25) is 0 Å². The lowest BCUT2D eigenvalue weighted by Crippen LogP contribution is -2.16. The van der Waals surface area contributed by atoms with E-state index in [0.29, 0.717) is 0 Å². The maximum Gasteiger partial charge on any atom is 0.0702 e. The summed E-state index contributed by atoms with van der Waals surface area (Å²) in [7, 11) is 0. The number of aromatic nitrogens is 1. The van der Waals surface area contributed by atoms with Crippen LogP contribution in [0.1, 0.15) is 95.6 Å². The van der Waals surface area contributed by atoms with Crippen LogP contribution >= 0.6 is 0 Å². The quantitative estimate of drug-likeness (QED) is 0.350. The first-order valence-corrected chi connectivity index (χ1v) is 12.3. The van der Waals surface area contributed by atoms with E-state index in [0.717, 1.165) is 24.0 Å². The van der Waals surface area contributed by atoms with E-state index in [1.807, 2.05) is 6.20 Å². The zero-order valence-corrected chi connectivity index (χ0v) is 18.8. The van der Waals surface area contributed by atoms with Gasteiger partial charge in [0.15, 0.2) is 0 Å². The molecular weight excluding hydrogens is 350 g/mol. The molecule has 1 nitrogen and oxygen atoms in total. The Balaban J connectivity index is 1.42. The Morgan fingerprint density at radius 1 is 0.793 bits per heavy atom. The molecule has 0 saturated heterocycles. The molecule has 1 fully saturated rings. The first kappa shape index (κ1) is 22.1. The molecule has 1 saturated carbocycles. The van der Waals surface area contributed by atoms with Crippen molar-refractivity contribution in [3.8, 4) is 11.3 Å². The van der Waals surface area contributed by atoms with Gasteiger partial charge in [0, 0.05) is 11.8 Å². The van der Waals surface area contributed by atoms with Gasteiger partial charge < -0.3 is 0 Å². The molecule has 0 N–H and O–H groups in total. The standard InChI is InChI=1S/C28H41N/c1-3-5-6-7-8-10-25-11-9-12-26(21-25)14-13-24-15-18-27(19-16-24)28-20-17-23(4-2)22-29-28/h15-20,22,25-26H,3-14,21H2,1-2H3. The maximum atomic E-state index is 4.62. The summed E-state index contributed by atoms with van der Waals surface area (Å²) in [6.45, 7) is 4.48. The van der Waals surface area contributed by atoms with Crippen LogP contribution < -0.4 is 0 Å². The van der Waals surface area contributed by atoms with Gasteiger partial charge in [-0.15, -0.1) is 0 Å². The molecular formula is C28H41N. The van der Waals surface area contributed by atoms with Crippen molar-refractivity contribution < 1.29 is 0 Å². The highest BCUT2D eigenvalue weighted by Gasteiger charge is 2.21. The highest BCUT2D eigenvalue weighted by molar-refractivity contribution is 5.59. The summed E-state index contributed by atoms with van der Waals surface area (Å²) >= 11 is 0. The summed E-state index contributed by atoms with van der Waals surface area (Å²) in [5, 5.41) is 0. The monoisotopic (exact) mass is 391 g/mol. The fourth-order valence-corrected chi connectivity index (χ4v) is 4.98. The van der Waals surface area contributed by atoms with Gasteiger partial charge in [0.05, 0.1) is 5.69 Å². The van der Waals surface area contributed by atoms with Crippen LogP contribution in [0.5, 0.6) is 0 Å². The number of hydrogen-bond acceptors (Lipinski definition) is 1. The van der Waals surface area contributed by atoms with E-state index < -0.39 is 0 Å². The Labute approximate surface area is 179 Å². The Kier molecular flexibility index (Phi) is 9.25. The molecule has 0 amide bonds. The number of hydrogen-bond donors (Lipinski definition) is 0. The molecule has 1 heteroatoms. The maximum absolute atomic E-state index is 4.62. The van der Waals surface area contributed by atoms with Gasteiger partial charge in [0.25, 0.3) is 0 Å². The Bertz CT molecular complexity index is 685. The second kappa shape index (κ2) is 12.2. The van der Waals surface area contributed by atoms with Crippen LogP contribution in [-0.4, -0.2) is 4.98 Å². The van der Waals surface area contributed by atoms with Crippen molar-refractivity contribution in [3.63, 3.8) is 0 Å². The van der Waals surface area contributed by atoms with Gasteiger partial charge in [-0.05, 0) is 54.7 Å². The highest BCUT2D eigenvalue weighted by atomic mass is 14.7. The lowest BCUT2D eigenvalue weighted by atomic mass is 9.77. The summed E-state index contributed by atoms with van der Waals surface area (Å²) < 4.78 is 0. The molecule has 1 aliphatic carbocycles. The van der Waals surface area contributed by atoms with Gasteiger partial charge >= 0.3 is 0 Å². The third-order valence-corrected chi connectivity index (χ3v) is 6.93. The molecule has 0 aliphatic heterocycles. The predicted molar refractivity (Wildman–Crippen MR) is 126 cm³/mol. The van der Waals surface area contributed by atoms with Crippen LogP contribution in [-0.2, 0) is 12.8 Å². The molecule has 2 unspecified atom stereocenters. The van der Waals surface area contributed by atoms with Crippen LogP contribution in [0, 0.1) is 11.8 Å². The normalized spacial score (nSPS) is 19.4. The fourth-order valence-electron chi connectivity index (χ4n) is 4.98. The molecule has 0 spiro atoms. The van der Waals surface area contributed by atoms with Crippen LogP contribution in [0.15, 0.2) is 42.6 Å². The Hall–Kier alpha value is -1.63. The van der Waals surface area contributed by atoms with E-state index in [1.54, 1.807) is 0 Å². The summed E-state index contributed by atoms with van der Waals surface area (Å²) in [6, 6.07) is 13.5. The van der Waals surface area contributed by atoms with Crippen LogP contribution in [0.2, 0.25) is 0 Å². The molecule has 2 aromatic rings. The van der Waals surface area contributed by atoms with Crippen LogP contribution in [0.25, 0.3) is 11.3 Å². The zero-order valence-electron chi connectivity index (χ0n) is 18.8. The second-order valence-electron chi connectivity index (χ2n) is 9.24. The van der Waals surface area contributed by atoms with Gasteiger partial charge in [-0.3, -0.25) is 4.98 Å². The summed E-state index contributed by atoms with van der Waals surface area (Å²) in [5.74, 6) is 1.96. The third kappa shape index (κ3) is 7.28. The highest BCUT2D eigenvalue weighted by Crippen LogP contribution is 2.35. The van der Waals surface area contributed by atoms with Gasteiger partial charge in [-0.1, -0.05) is 102 Å². The molecule has 0 radical (unpaired) electrons. The topological polar surface area (TPSA) is 12.9 Å². The largest absolute Gasteiger partial charge is 0.256 e. The summed E-state index contributed by atoms with van der Waals surface area (Å²) in [4.78, 5) is 4.62. The molecule has 0 bridgehead atoms. The van der Waals surface area contributed by atoms with E-state index >= 15 is 0 Å². The minimum atomic E-state index is 0.951. The molecule has 158 valence electrons. The number of benzene rings is 1. The Morgan fingerprint density at radius 2 is 1.52 bits per heavy atom. The molecule has 1 aromatic heterocycles. The minimum absolute atomic E-state index is 0.951. The number of pyridine rings is 1. The average Bonchev–Trinajstić information content (AvgIpc) is 2.78. The second-order valence-corrected chi connectivity index (χ2v) is 9.24. The van der Waals surface area contributed by atoms with Crippen molar-refractivity contribution in [2.24, 2.45) is 11.8 Å². The van der Waals surface area contributed by atoms with E-state index in [9.17, 15) is 0 Å². The zero-order chi connectivity index (χ0) is 20.3. The lowest BCUT2D eigenvalue weighted by Gasteiger charge is -2.29. The number of aryl methyl sites for hydroxylation is 2. The van der Waals surface area contributed by atoms with E-state index in [-0.39, 0.29) is 0 Å². The average molecular weight is 392 g/mol. The van der Waals surface area contributed by atoms with Crippen molar-refractivity contribution in [2.45, 2.75) is 97.3 Å². The molecule has 2 atom stereocenters. The number of unbranched alkanes of at least 4 members (excludes halogenated alkanes) is 4. The van der Waals surface area contributed by atoms with E-state index in [1.165, 1.54) is 93.7 Å². The van der Waals surface area contributed by atoms with Gasteiger partial charge in [-0.25, -0.2) is 0 Å². The van der Waals surface area contributed by atoms with Crippen molar-refractivity contribution in [1.82, 2.24) is 4.98 Å². The molecule has 29 heavy (non-hydrogen) atoms. The van der Waals surface area contributed by atoms with Gasteiger partial charge in [0.1, 0.15) is 0 Å². The first-order chi connectivity index (χ1) is 14.3. The smallest absolute Gasteiger partial charge is 0.0702 e. The molecule has 3 rings (SSSR count). The number of nitrogens with zero attached hydrogens (tertiary/aromatic N) is 1. The Morgan fingerprint density at radius 3 is 2.21 bits per heavy atom.